The molecule has 0 aliphatic heterocycles. The second-order valence-corrected chi connectivity index (χ2v) is 7.15. The Hall–Kier alpha value is -0.570. The second kappa shape index (κ2) is 11.1. The lowest BCUT2D eigenvalue weighted by atomic mass is 9.84. The van der Waals surface area contributed by atoms with Gasteiger partial charge in [0.15, 0.2) is 0 Å². The van der Waals surface area contributed by atoms with Crippen molar-refractivity contribution < 1.29 is 4.79 Å². The number of nitrogens with two attached hydrogens (primary N) is 1. The highest BCUT2D eigenvalue weighted by Gasteiger charge is 2.17. The molecule has 0 aliphatic rings. The fourth-order valence-electron chi connectivity index (χ4n) is 2.31. The largest absolute Gasteiger partial charge is 0.356 e. The number of carbonyl (C=O) groups excluding carboxylic acids is 1. The van der Waals surface area contributed by atoms with E-state index in [2.05, 4.69) is 33.0 Å². The highest BCUT2D eigenvalue weighted by atomic mass is 16.1. The Morgan fingerprint density at radius 1 is 1.10 bits per heavy atom. The van der Waals surface area contributed by atoms with Gasteiger partial charge in [-0.15, -0.1) is 0 Å². The van der Waals surface area contributed by atoms with E-state index in [0.29, 0.717) is 13.0 Å². The number of rotatable bonds is 12. The molecule has 0 aromatic heterocycles. The normalized spacial score (nSPS) is 11.9. The molecule has 20 heavy (non-hydrogen) atoms. The summed E-state index contributed by atoms with van der Waals surface area (Å²) < 4.78 is 0. The van der Waals surface area contributed by atoms with Gasteiger partial charge < -0.3 is 11.1 Å². The Bertz CT molecular complexity index is 249. The van der Waals surface area contributed by atoms with Gasteiger partial charge in [0.2, 0.25) is 5.91 Å². The van der Waals surface area contributed by atoms with Gasteiger partial charge in [-0.1, -0.05) is 53.4 Å². The second-order valence-electron chi connectivity index (χ2n) is 7.15. The van der Waals surface area contributed by atoms with Crippen LogP contribution in [0.25, 0.3) is 0 Å². The molecule has 0 aliphatic carbocycles. The van der Waals surface area contributed by atoms with Crippen LogP contribution in [0.4, 0.5) is 0 Å². The SMILES string of the molecule is CC(C)CCCCCCNC(=O)CCC(C)(C)CCN. The average molecular weight is 284 g/mol. The van der Waals surface area contributed by atoms with Crippen molar-refractivity contribution in [2.45, 2.75) is 79.1 Å². The summed E-state index contributed by atoms with van der Waals surface area (Å²) in [4.78, 5) is 11.7. The van der Waals surface area contributed by atoms with Crippen molar-refractivity contribution in [3.63, 3.8) is 0 Å². The summed E-state index contributed by atoms with van der Waals surface area (Å²) in [6.07, 6.45) is 8.79. The first-order valence-electron chi connectivity index (χ1n) is 8.34. The summed E-state index contributed by atoms with van der Waals surface area (Å²) in [6, 6.07) is 0. The Morgan fingerprint density at radius 2 is 1.75 bits per heavy atom. The minimum absolute atomic E-state index is 0.183. The maximum absolute atomic E-state index is 11.7. The van der Waals surface area contributed by atoms with Gasteiger partial charge in [0.25, 0.3) is 0 Å². The summed E-state index contributed by atoms with van der Waals surface area (Å²) in [5.41, 5.74) is 5.76. The van der Waals surface area contributed by atoms with Gasteiger partial charge >= 0.3 is 0 Å². The molecule has 0 bridgehead atoms. The zero-order chi connectivity index (χ0) is 15.4. The van der Waals surface area contributed by atoms with Gasteiger partial charge in [0.1, 0.15) is 0 Å². The van der Waals surface area contributed by atoms with Crippen LogP contribution in [0.5, 0.6) is 0 Å². The first kappa shape index (κ1) is 19.4. The van der Waals surface area contributed by atoms with Crippen LogP contribution < -0.4 is 11.1 Å². The molecule has 0 fully saturated rings. The van der Waals surface area contributed by atoms with Crippen LogP contribution in [0, 0.1) is 11.3 Å². The maximum atomic E-state index is 11.7. The Labute approximate surface area is 126 Å². The summed E-state index contributed by atoms with van der Waals surface area (Å²) in [6.45, 7) is 10.4. The van der Waals surface area contributed by atoms with Crippen molar-refractivity contribution in [3.8, 4) is 0 Å². The number of unbranched alkanes of at least 4 members (excludes halogenated alkanes) is 3. The molecule has 0 radical (unpaired) electrons. The molecular weight excluding hydrogens is 248 g/mol. The highest BCUT2D eigenvalue weighted by Crippen LogP contribution is 2.25. The Balaban J connectivity index is 3.45. The fraction of sp³-hybridized carbons (Fsp3) is 0.941. The minimum Gasteiger partial charge on any atom is -0.356 e. The molecule has 3 nitrogen and oxygen atoms in total. The van der Waals surface area contributed by atoms with Gasteiger partial charge in [-0.3, -0.25) is 4.79 Å². The zero-order valence-electron chi connectivity index (χ0n) is 14.1. The van der Waals surface area contributed by atoms with E-state index in [1.807, 2.05) is 0 Å². The summed E-state index contributed by atoms with van der Waals surface area (Å²) in [5.74, 6) is 1.00. The molecular formula is C17H36N2O. The van der Waals surface area contributed by atoms with Crippen LogP contribution in [-0.4, -0.2) is 19.0 Å². The van der Waals surface area contributed by atoms with E-state index in [-0.39, 0.29) is 11.3 Å². The van der Waals surface area contributed by atoms with Crippen molar-refractivity contribution >= 4 is 5.91 Å². The van der Waals surface area contributed by atoms with Crippen molar-refractivity contribution in [1.82, 2.24) is 5.32 Å². The van der Waals surface area contributed by atoms with Crippen LogP contribution >= 0.6 is 0 Å². The molecule has 0 atom stereocenters. The third kappa shape index (κ3) is 12.5. The molecule has 0 unspecified atom stereocenters. The van der Waals surface area contributed by atoms with Crippen molar-refractivity contribution in [1.29, 1.82) is 0 Å². The quantitative estimate of drug-likeness (QED) is 0.535. The van der Waals surface area contributed by atoms with E-state index >= 15 is 0 Å². The van der Waals surface area contributed by atoms with Gasteiger partial charge in [-0.05, 0) is 37.1 Å². The van der Waals surface area contributed by atoms with E-state index in [9.17, 15) is 4.79 Å². The molecule has 0 saturated heterocycles. The summed E-state index contributed by atoms with van der Waals surface area (Å²) in [5, 5.41) is 3.03. The molecule has 0 aromatic rings. The van der Waals surface area contributed by atoms with E-state index in [1.165, 1.54) is 25.7 Å². The number of carbonyl (C=O) groups is 1. The van der Waals surface area contributed by atoms with Crippen LogP contribution in [0.3, 0.4) is 0 Å². The molecule has 3 N–H and O–H groups in total. The molecule has 0 heterocycles. The molecule has 0 rings (SSSR count). The first-order chi connectivity index (χ1) is 9.37. The zero-order valence-corrected chi connectivity index (χ0v) is 14.1. The third-order valence-corrected chi connectivity index (χ3v) is 3.88. The predicted octanol–water partition coefficient (Wildman–Crippen LogP) is 3.86. The fourth-order valence-corrected chi connectivity index (χ4v) is 2.31. The van der Waals surface area contributed by atoms with Crippen molar-refractivity contribution in [2.75, 3.05) is 13.1 Å². The topological polar surface area (TPSA) is 55.1 Å². The molecule has 0 saturated carbocycles. The summed E-state index contributed by atoms with van der Waals surface area (Å²) in [7, 11) is 0. The summed E-state index contributed by atoms with van der Waals surface area (Å²) >= 11 is 0. The maximum Gasteiger partial charge on any atom is 0.220 e. The molecule has 1 amide bonds. The van der Waals surface area contributed by atoms with Gasteiger partial charge in [-0.25, -0.2) is 0 Å². The Morgan fingerprint density at radius 3 is 2.35 bits per heavy atom. The monoisotopic (exact) mass is 284 g/mol. The molecule has 120 valence electrons. The number of amides is 1. The van der Waals surface area contributed by atoms with E-state index in [1.54, 1.807) is 0 Å². The van der Waals surface area contributed by atoms with Crippen LogP contribution in [0.1, 0.15) is 79.1 Å². The lowest BCUT2D eigenvalue weighted by molar-refractivity contribution is -0.121. The van der Waals surface area contributed by atoms with E-state index in [4.69, 9.17) is 5.73 Å². The standard InChI is InChI=1S/C17H36N2O/c1-15(2)9-7-5-6-8-14-19-16(20)10-11-17(3,4)12-13-18/h15H,5-14,18H2,1-4H3,(H,19,20). The van der Waals surface area contributed by atoms with Crippen LogP contribution in [0.2, 0.25) is 0 Å². The van der Waals surface area contributed by atoms with Gasteiger partial charge in [-0.2, -0.15) is 0 Å². The number of hydrogen-bond acceptors (Lipinski definition) is 2. The Kier molecular flexibility index (Phi) is 10.8. The van der Waals surface area contributed by atoms with E-state index in [0.717, 1.165) is 31.7 Å². The van der Waals surface area contributed by atoms with Gasteiger partial charge in [0, 0.05) is 13.0 Å². The smallest absolute Gasteiger partial charge is 0.220 e. The predicted molar refractivity (Wildman–Crippen MR) is 87.6 cm³/mol. The number of nitrogens with one attached hydrogen (secondary N) is 1. The van der Waals surface area contributed by atoms with Crippen molar-refractivity contribution in [3.05, 3.63) is 0 Å². The van der Waals surface area contributed by atoms with Crippen LogP contribution in [-0.2, 0) is 4.79 Å². The third-order valence-electron chi connectivity index (χ3n) is 3.88. The minimum atomic E-state index is 0.183. The molecule has 0 aromatic carbocycles. The van der Waals surface area contributed by atoms with E-state index < -0.39 is 0 Å². The lowest BCUT2D eigenvalue weighted by Gasteiger charge is -2.23. The molecule has 3 heteroatoms. The molecule has 0 spiro atoms. The van der Waals surface area contributed by atoms with Gasteiger partial charge in [0.05, 0.1) is 0 Å². The van der Waals surface area contributed by atoms with Crippen molar-refractivity contribution in [2.24, 2.45) is 17.1 Å². The number of hydrogen-bond donors (Lipinski definition) is 2. The highest BCUT2D eigenvalue weighted by molar-refractivity contribution is 5.75. The van der Waals surface area contributed by atoms with Crippen LogP contribution in [0.15, 0.2) is 0 Å². The first-order valence-corrected chi connectivity index (χ1v) is 8.34. The average Bonchev–Trinajstić information content (AvgIpc) is 2.35. The lowest BCUT2D eigenvalue weighted by Crippen LogP contribution is -2.26.